The third-order valence-electron chi connectivity index (χ3n) is 6.35. The van der Waals surface area contributed by atoms with Crippen molar-refractivity contribution < 1.29 is 28.8 Å². The van der Waals surface area contributed by atoms with Gasteiger partial charge in [-0.25, -0.2) is 4.79 Å². The van der Waals surface area contributed by atoms with Gasteiger partial charge in [0.05, 0.1) is 22.9 Å². The molecule has 1 aromatic heterocycles. The number of aliphatic carboxylic acids is 1. The molecule has 0 bridgehead atoms. The topological polar surface area (TPSA) is 110 Å². The summed E-state index contributed by atoms with van der Waals surface area (Å²) >= 11 is 0. The van der Waals surface area contributed by atoms with Crippen molar-refractivity contribution in [3.8, 4) is 17.0 Å². The minimum absolute atomic E-state index is 0.143. The van der Waals surface area contributed by atoms with Crippen molar-refractivity contribution >= 4 is 34.4 Å². The fourth-order valence-electron chi connectivity index (χ4n) is 4.68. The molecule has 2 fully saturated rings. The molecule has 3 aromatic rings. The molecule has 5 rings (SSSR count). The standard InChI is InChI=1S/C24H22N2O6/c1-13(24(29)30)31-19-9-5-4-8-17(19)21-18-12-14(10-11-20(18)32-25-21)26-22(27)15-6-2-3-7-16(15)23(26)28/h4-5,8-13,15-16H,2-3,6-7H2,1H3,(H,29,30). The third kappa shape index (κ3) is 3.23. The molecule has 1 N–H and O–H groups in total. The van der Waals surface area contributed by atoms with Crippen LogP contribution in [0.2, 0.25) is 0 Å². The summed E-state index contributed by atoms with van der Waals surface area (Å²) in [7, 11) is 0. The van der Waals surface area contributed by atoms with Crippen LogP contribution in [0.3, 0.4) is 0 Å². The maximum absolute atomic E-state index is 13.0. The molecule has 1 aliphatic heterocycles. The number of rotatable bonds is 5. The van der Waals surface area contributed by atoms with Crippen LogP contribution >= 0.6 is 0 Å². The Bertz CT molecular complexity index is 1210. The average Bonchev–Trinajstić information content (AvgIpc) is 3.32. The number of carbonyl (C=O) groups excluding carboxylic acids is 2. The van der Waals surface area contributed by atoms with E-state index in [-0.39, 0.29) is 23.7 Å². The van der Waals surface area contributed by atoms with Gasteiger partial charge in [0, 0.05) is 5.56 Å². The van der Waals surface area contributed by atoms with E-state index in [0.717, 1.165) is 25.7 Å². The van der Waals surface area contributed by atoms with Gasteiger partial charge in [-0.05, 0) is 50.1 Å². The number of hydrogen-bond acceptors (Lipinski definition) is 6. The number of amides is 2. The minimum Gasteiger partial charge on any atom is -0.479 e. The van der Waals surface area contributed by atoms with Gasteiger partial charge in [0.1, 0.15) is 11.4 Å². The summed E-state index contributed by atoms with van der Waals surface area (Å²) in [5.74, 6) is -1.49. The lowest BCUT2D eigenvalue weighted by Gasteiger charge is -2.19. The molecule has 1 saturated carbocycles. The Balaban J connectivity index is 1.56. The van der Waals surface area contributed by atoms with Gasteiger partial charge in [-0.15, -0.1) is 0 Å². The van der Waals surface area contributed by atoms with Crippen LogP contribution in [-0.4, -0.2) is 34.2 Å². The van der Waals surface area contributed by atoms with Crippen LogP contribution in [0.25, 0.3) is 22.2 Å². The Morgan fingerprint density at radius 2 is 1.81 bits per heavy atom. The molecule has 8 heteroatoms. The number of aromatic nitrogens is 1. The lowest BCUT2D eigenvalue weighted by atomic mass is 9.81. The Morgan fingerprint density at radius 3 is 2.50 bits per heavy atom. The minimum atomic E-state index is -1.08. The summed E-state index contributed by atoms with van der Waals surface area (Å²) < 4.78 is 11.1. The first kappa shape index (κ1) is 20.2. The monoisotopic (exact) mass is 434 g/mol. The van der Waals surface area contributed by atoms with Gasteiger partial charge in [-0.2, -0.15) is 0 Å². The molecular weight excluding hydrogens is 412 g/mol. The van der Waals surface area contributed by atoms with E-state index >= 15 is 0 Å². The fourth-order valence-corrected chi connectivity index (χ4v) is 4.68. The molecule has 3 atom stereocenters. The van der Waals surface area contributed by atoms with E-state index in [2.05, 4.69) is 5.16 Å². The highest BCUT2D eigenvalue weighted by atomic mass is 16.5. The van der Waals surface area contributed by atoms with Crippen molar-refractivity contribution in [2.24, 2.45) is 11.8 Å². The van der Waals surface area contributed by atoms with Gasteiger partial charge >= 0.3 is 5.97 Å². The van der Waals surface area contributed by atoms with E-state index in [0.29, 0.717) is 33.7 Å². The molecule has 2 heterocycles. The van der Waals surface area contributed by atoms with Crippen molar-refractivity contribution in [1.29, 1.82) is 0 Å². The Labute approximate surface area is 183 Å². The lowest BCUT2D eigenvalue weighted by molar-refractivity contribution is -0.144. The number of anilines is 1. The van der Waals surface area contributed by atoms with Crippen molar-refractivity contribution in [3.63, 3.8) is 0 Å². The van der Waals surface area contributed by atoms with E-state index in [1.54, 1.807) is 42.5 Å². The zero-order valence-electron chi connectivity index (χ0n) is 17.5. The summed E-state index contributed by atoms with van der Waals surface area (Å²) in [5, 5.41) is 14.0. The molecule has 2 aromatic carbocycles. The van der Waals surface area contributed by atoms with Gasteiger partial charge in [0.15, 0.2) is 11.7 Å². The van der Waals surface area contributed by atoms with Gasteiger partial charge in [0.25, 0.3) is 0 Å². The first-order valence-corrected chi connectivity index (χ1v) is 10.7. The lowest BCUT2D eigenvalue weighted by Crippen LogP contribution is -2.30. The summed E-state index contributed by atoms with van der Waals surface area (Å²) in [6, 6.07) is 12.1. The quantitative estimate of drug-likeness (QED) is 0.604. The van der Waals surface area contributed by atoms with E-state index in [4.69, 9.17) is 9.26 Å². The molecule has 1 aliphatic carbocycles. The molecule has 8 nitrogen and oxygen atoms in total. The number of fused-ring (bicyclic) bond motifs is 2. The molecule has 2 amide bonds. The predicted octanol–water partition coefficient (Wildman–Crippen LogP) is 4.03. The Hall–Kier alpha value is -3.68. The molecule has 2 aliphatic rings. The van der Waals surface area contributed by atoms with Gasteiger partial charge in [0.2, 0.25) is 11.8 Å². The molecule has 0 radical (unpaired) electrons. The second-order valence-electron chi connectivity index (χ2n) is 8.32. The molecular formula is C24H22N2O6. The number of hydrogen-bond donors (Lipinski definition) is 1. The zero-order chi connectivity index (χ0) is 22.4. The van der Waals surface area contributed by atoms with E-state index in [9.17, 15) is 19.5 Å². The summed E-state index contributed by atoms with van der Waals surface area (Å²) in [4.78, 5) is 38.6. The highest BCUT2D eigenvalue weighted by molar-refractivity contribution is 6.22. The van der Waals surface area contributed by atoms with Crippen LogP contribution in [0.15, 0.2) is 47.0 Å². The predicted molar refractivity (Wildman–Crippen MR) is 115 cm³/mol. The number of carboxylic acid groups (broad SMARTS) is 1. The molecule has 0 spiro atoms. The SMILES string of the molecule is CC(Oc1ccccc1-c1noc2ccc(N3C(=O)C4CCCCC4C3=O)cc12)C(=O)O. The van der Waals surface area contributed by atoms with Gasteiger partial charge in [-0.3, -0.25) is 14.5 Å². The molecule has 1 saturated heterocycles. The second-order valence-corrected chi connectivity index (χ2v) is 8.32. The van der Waals surface area contributed by atoms with Crippen LogP contribution in [0.4, 0.5) is 5.69 Å². The van der Waals surface area contributed by atoms with Crippen molar-refractivity contribution in [3.05, 3.63) is 42.5 Å². The van der Waals surface area contributed by atoms with Crippen LogP contribution in [0.1, 0.15) is 32.6 Å². The van der Waals surface area contributed by atoms with E-state index < -0.39 is 12.1 Å². The van der Waals surface area contributed by atoms with Crippen LogP contribution in [0.5, 0.6) is 5.75 Å². The van der Waals surface area contributed by atoms with Crippen LogP contribution < -0.4 is 9.64 Å². The smallest absolute Gasteiger partial charge is 0.344 e. The number of para-hydroxylation sites is 1. The van der Waals surface area contributed by atoms with Gasteiger partial charge in [-0.1, -0.05) is 30.1 Å². The number of carbonyl (C=O) groups is 3. The van der Waals surface area contributed by atoms with E-state index in [1.165, 1.54) is 11.8 Å². The van der Waals surface area contributed by atoms with Crippen LogP contribution in [0, 0.1) is 11.8 Å². The Morgan fingerprint density at radius 1 is 1.12 bits per heavy atom. The maximum atomic E-state index is 13.0. The zero-order valence-corrected chi connectivity index (χ0v) is 17.5. The summed E-state index contributed by atoms with van der Waals surface area (Å²) in [6.45, 7) is 1.45. The molecule has 164 valence electrons. The number of imide groups is 1. The number of nitrogens with zero attached hydrogens (tertiary/aromatic N) is 2. The second kappa shape index (κ2) is 7.78. The van der Waals surface area contributed by atoms with Gasteiger partial charge < -0.3 is 14.4 Å². The summed E-state index contributed by atoms with van der Waals surface area (Å²) in [5.41, 5.74) is 1.99. The third-order valence-corrected chi connectivity index (χ3v) is 6.35. The maximum Gasteiger partial charge on any atom is 0.344 e. The first-order chi connectivity index (χ1) is 15.5. The highest BCUT2D eigenvalue weighted by Crippen LogP contribution is 2.42. The first-order valence-electron chi connectivity index (χ1n) is 10.7. The molecule has 3 unspecified atom stereocenters. The van der Waals surface area contributed by atoms with Crippen molar-refractivity contribution in [1.82, 2.24) is 5.16 Å². The van der Waals surface area contributed by atoms with E-state index in [1.807, 2.05) is 0 Å². The number of carboxylic acids is 1. The average molecular weight is 434 g/mol. The fraction of sp³-hybridized carbons (Fsp3) is 0.333. The van der Waals surface area contributed by atoms with Crippen LogP contribution in [-0.2, 0) is 14.4 Å². The Kier molecular flexibility index (Phi) is 4.92. The van der Waals surface area contributed by atoms with Crippen molar-refractivity contribution in [2.45, 2.75) is 38.7 Å². The largest absolute Gasteiger partial charge is 0.479 e. The number of benzene rings is 2. The summed E-state index contributed by atoms with van der Waals surface area (Å²) in [6.07, 6.45) is 2.38. The normalized spacial score (nSPS) is 21.6. The highest BCUT2D eigenvalue weighted by Gasteiger charge is 2.48. The number of ether oxygens (including phenoxy) is 1. The molecule has 32 heavy (non-hydrogen) atoms. The van der Waals surface area contributed by atoms with Crippen molar-refractivity contribution in [2.75, 3.05) is 4.90 Å².